The quantitative estimate of drug-likeness (QED) is 0.656. The molecule has 0 aliphatic carbocycles. The van der Waals surface area contributed by atoms with Crippen molar-refractivity contribution in [1.82, 2.24) is 0 Å². The molecule has 0 aliphatic heterocycles. The summed E-state index contributed by atoms with van der Waals surface area (Å²) in [6.45, 7) is 6.18. The van der Waals surface area contributed by atoms with E-state index in [1.54, 1.807) is 0 Å². The number of benzene rings is 2. The van der Waals surface area contributed by atoms with E-state index in [9.17, 15) is 0 Å². The molecule has 2 aromatic carbocycles. The molecule has 0 amide bonds. The van der Waals surface area contributed by atoms with E-state index in [2.05, 4.69) is 62.1 Å². The van der Waals surface area contributed by atoms with Gasteiger partial charge in [0, 0.05) is 0 Å². The van der Waals surface area contributed by atoms with Crippen LogP contribution in [0.15, 0.2) is 67.3 Å². The second-order valence-electron chi connectivity index (χ2n) is 4.14. The summed E-state index contributed by atoms with van der Waals surface area (Å²) in [6, 6.07) is 18.6. The van der Waals surface area contributed by atoms with Crippen molar-refractivity contribution in [2.75, 3.05) is 0 Å². The van der Waals surface area contributed by atoms with Crippen LogP contribution in [-0.2, 0) is 0 Å². The Labute approximate surface area is 103 Å². The van der Waals surface area contributed by atoms with Crippen molar-refractivity contribution in [2.24, 2.45) is 0 Å². The monoisotopic (exact) mass is 220 g/mol. The highest BCUT2D eigenvalue weighted by Gasteiger charge is 1.93. The third-order valence-corrected chi connectivity index (χ3v) is 2.66. The van der Waals surface area contributed by atoms with Gasteiger partial charge in [0.05, 0.1) is 0 Å². The molecule has 0 atom stereocenters. The minimum Gasteiger partial charge on any atom is -0.0912 e. The van der Waals surface area contributed by atoms with Crippen molar-refractivity contribution in [3.8, 4) is 0 Å². The number of hydrogen-bond acceptors (Lipinski definition) is 0. The molecule has 0 unspecified atom stereocenters. The van der Waals surface area contributed by atoms with E-state index in [0.29, 0.717) is 0 Å². The number of aryl methyl sites for hydroxylation is 1. The first kappa shape index (κ1) is 11.4. The SMILES string of the molecule is C=C(C=Cc1cccc(C)c1)c1ccccc1. The highest BCUT2D eigenvalue weighted by molar-refractivity contribution is 5.77. The first-order valence-electron chi connectivity index (χ1n) is 5.75. The lowest BCUT2D eigenvalue weighted by molar-refractivity contribution is 1.46. The molecule has 0 heteroatoms. The lowest BCUT2D eigenvalue weighted by Crippen LogP contribution is -1.78. The highest BCUT2D eigenvalue weighted by Crippen LogP contribution is 2.15. The summed E-state index contributed by atoms with van der Waals surface area (Å²) in [5.74, 6) is 0. The number of allylic oxidation sites excluding steroid dienone is 2. The molecule has 0 aromatic heterocycles. The predicted octanol–water partition coefficient (Wildman–Crippen LogP) is 4.72. The van der Waals surface area contributed by atoms with Gasteiger partial charge in [-0.25, -0.2) is 0 Å². The second-order valence-corrected chi connectivity index (χ2v) is 4.14. The maximum absolute atomic E-state index is 4.08. The van der Waals surface area contributed by atoms with Crippen LogP contribution in [0.5, 0.6) is 0 Å². The molecule has 0 saturated heterocycles. The standard InChI is InChI=1S/C17H16/c1-14-7-6-8-16(13-14)12-11-15(2)17-9-4-3-5-10-17/h3-13H,2H2,1H3. The van der Waals surface area contributed by atoms with Gasteiger partial charge in [0.15, 0.2) is 0 Å². The van der Waals surface area contributed by atoms with Gasteiger partial charge in [-0.15, -0.1) is 0 Å². The molecular weight excluding hydrogens is 204 g/mol. The zero-order chi connectivity index (χ0) is 12.1. The zero-order valence-electron chi connectivity index (χ0n) is 10.1. The molecule has 0 heterocycles. The van der Waals surface area contributed by atoms with Crippen LogP contribution >= 0.6 is 0 Å². The summed E-state index contributed by atoms with van der Waals surface area (Å²) in [6.07, 6.45) is 4.16. The van der Waals surface area contributed by atoms with Gasteiger partial charge in [0.25, 0.3) is 0 Å². The Balaban J connectivity index is 2.14. The maximum atomic E-state index is 4.08. The molecule has 0 nitrogen and oxygen atoms in total. The summed E-state index contributed by atoms with van der Waals surface area (Å²) in [5, 5.41) is 0. The Hall–Kier alpha value is -2.08. The Morgan fingerprint density at radius 2 is 1.76 bits per heavy atom. The fourth-order valence-electron chi connectivity index (χ4n) is 1.72. The highest BCUT2D eigenvalue weighted by atomic mass is 14.0. The molecule has 0 spiro atoms. The third-order valence-electron chi connectivity index (χ3n) is 2.66. The predicted molar refractivity (Wildman–Crippen MR) is 75.7 cm³/mol. The lowest BCUT2D eigenvalue weighted by atomic mass is 10.1. The van der Waals surface area contributed by atoms with E-state index in [-0.39, 0.29) is 0 Å². The third kappa shape index (κ3) is 3.18. The lowest BCUT2D eigenvalue weighted by Gasteiger charge is -2.00. The zero-order valence-corrected chi connectivity index (χ0v) is 10.1. The average Bonchev–Trinajstić information content (AvgIpc) is 2.37. The normalized spacial score (nSPS) is 10.6. The minimum atomic E-state index is 1.03. The van der Waals surface area contributed by atoms with Gasteiger partial charge in [-0.1, -0.05) is 78.9 Å². The van der Waals surface area contributed by atoms with Crippen LogP contribution in [0.4, 0.5) is 0 Å². The Morgan fingerprint density at radius 1 is 1.00 bits per heavy atom. The molecule has 0 saturated carbocycles. The minimum absolute atomic E-state index is 1.03. The van der Waals surface area contributed by atoms with E-state index < -0.39 is 0 Å². The molecule has 0 radical (unpaired) electrons. The second kappa shape index (κ2) is 5.31. The Morgan fingerprint density at radius 3 is 2.47 bits per heavy atom. The van der Waals surface area contributed by atoms with Gasteiger partial charge >= 0.3 is 0 Å². The van der Waals surface area contributed by atoms with Crippen molar-refractivity contribution < 1.29 is 0 Å². The molecule has 0 fully saturated rings. The van der Waals surface area contributed by atoms with Gasteiger partial charge in [0.1, 0.15) is 0 Å². The van der Waals surface area contributed by atoms with Crippen molar-refractivity contribution >= 4 is 11.6 Å². The molecule has 0 aliphatic rings. The van der Waals surface area contributed by atoms with E-state index in [1.165, 1.54) is 11.1 Å². The molecule has 17 heavy (non-hydrogen) atoms. The van der Waals surface area contributed by atoms with E-state index in [0.717, 1.165) is 11.1 Å². The van der Waals surface area contributed by atoms with Gasteiger partial charge in [-0.2, -0.15) is 0 Å². The summed E-state index contributed by atoms with van der Waals surface area (Å²) in [7, 11) is 0. The van der Waals surface area contributed by atoms with Gasteiger partial charge < -0.3 is 0 Å². The fraction of sp³-hybridized carbons (Fsp3) is 0.0588. The summed E-state index contributed by atoms with van der Waals surface area (Å²) in [4.78, 5) is 0. The van der Waals surface area contributed by atoms with Crippen molar-refractivity contribution in [3.05, 3.63) is 83.9 Å². The average molecular weight is 220 g/mol. The van der Waals surface area contributed by atoms with E-state index in [1.807, 2.05) is 18.2 Å². The number of hydrogen-bond donors (Lipinski definition) is 0. The van der Waals surface area contributed by atoms with Crippen LogP contribution in [0.3, 0.4) is 0 Å². The topological polar surface area (TPSA) is 0 Å². The van der Waals surface area contributed by atoms with E-state index >= 15 is 0 Å². The van der Waals surface area contributed by atoms with Crippen LogP contribution in [0.25, 0.3) is 11.6 Å². The first-order chi connectivity index (χ1) is 8.25. The first-order valence-corrected chi connectivity index (χ1v) is 5.75. The van der Waals surface area contributed by atoms with Gasteiger partial charge in [-0.05, 0) is 23.6 Å². The van der Waals surface area contributed by atoms with E-state index in [4.69, 9.17) is 0 Å². The molecule has 0 bridgehead atoms. The largest absolute Gasteiger partial charge is 0.0912 e. The van der Waals surface area contributed by atoms with Crippen LogP contribution < -0.4 is 0 Å². The fourth-order valence-corrected chi connectivity index (χ4v) is 1.72. The van der Waals surface area contributed by atoms with Crippen molar-refractivity contribution in [2.45, 2.75) is 6.92 Å². The Kier molecular flexibility index (Phi) is 3.56. The molecule has 2 aromatic rings. The molecule has 84 valence electrons. The summed E-state index contributed by atoms with van der Waals surface area (Å²) < 4.78 is 0. The van der Waals surface area contributed by atoms with Gasteiger partial charge in [-0.3, -0.25) is 0 Å². The molecule has 0 N–H and O–H groups in total. The van der Waals surface area contributed by atoms with Crippen LogP contribution in [-0.4, -0.2) is 0 Å². The summed E-state index contributed by atoms with van der Waals surface area (Å²) in [5.41, 5.74) is 4.68. The van der Waals surface area contributed by atoms with Crippen LogP contribution in [0.1, 0.15) is 16.7 Å². The van der Waals surface area contributed by atoms with Crippen molar-refractivity contribution in [1.29, 1.82) is 0 Å². The summed E-state index contributed by atoms with van der Waals surface area (Å²) >= 11 is 0. The van der Waals surface area contributed by atoms with Gasteiger partial charge in [0.2, 0.25) is 0 Å². The smallest absolute Gasteiger partial charge is 0.0190 e. The maximum Gasteiger partial charge on any atom is -0.0190 e. The Bertz CT molecular complexity index is 533. The van der Waals surface area contributed by atoms with Crippen molar-refractivity contribution in [3.63, 3.8) is 0 Å². The molecular formula is C17H16. The number of rotatable bonds is 3. The molecule has 2 rings (SSSR count). The van der Waals surface area contributed by atoms with Crippen LogP contribution in [0, 0.1) is 6.92 Å². The van der Waals surface area contributed by atoms with Crippen LogP contribution in [0.2, 0.25) is 0 Å².